The smallest absolute Gasteiger partial charge is 0.300 e. The first-order valence-corrected chi connectivity index (χ1v) is 6.82. The second kappa shape index (κ2) is 5.75. The maximum atomic E-state index is 11.4. The van der Waals surface area contributed by atoms with Gasteiger partial charge >= 0.3 is 5.91 Å². The predicted molar refractivity (Wildman–Crippen MR) is 73.3 cm³/mol. The van der Waals surface area contributed by atoms with Gasteiger partial charge in [-0.1, -0.05) is 13.8 Å². The molecule has 2 unspecified atom stereocenters. The number of nitrogens with zero attached hydrogens (tertiary/aromatic N) is 1. The Morgan fingerprint density at radius 1 is 1.47 bits per heavy atom. The Balaban J connectivity index is 2.06. The van der Waals surface area contributed by atoms with Gasteiger partial charge in [-0.15, -0.1) is 0 Å². The number of aryl methyl sites for hydroxylation is 1. The fourth-order valence-corrected chi connectivity index (χ4v) is 3.02. The van der Waals surface area contributed by atoms with Crippen molar-refractivity contribution >= 4 is 5.91 Å². The maximum Gasteiger partial charge on any atom is 0.300 e. The van der Waals surface area contributed by atoms with Crippen molar-refractivity contribution in [1.82, 2.24) is 10.3 Å². The number of furan rings is 1. The average Bonchev–Trinajstić information content (AvgIpc) is 2.68. The van der Waals surface area contributed by atoms with Crippen molar-refractivity contribution in [3.63, 3.8) is 0 Å². The molecule has 2 rings (SSSR count). The fourth-order valence-electron chi connectivity index (χ4n) is 3.02. The van der Waals surface area contributed by atoms with Crippen molar-refractivity contribution in [2.45, 2.75) is 33.7 Å². The molecule has 1 aliphatic heterocycles. The van der Waals surface area contributed by atoms with Gasteiger partial charge in [-0.2, -0.15) is 0 Å². The Kier molecular flexibility index (Phi) is 4.27. The molecule has 5 heteroatoms. The Morgan fingerprint density at radius 3 is 2.68 bits per heavy atom. The van der Waals surface area contributed by atoms with E-state index in [0.717, 1.165) is 42.8 Å². The second-order valence-electron chi connectivity index (χ2n) is 5.81. The Bertz CT molecular complexity index is 446. The number of piperidine rings is 1. The Hall–Kier alpha value is -1.33. The van der Waals surface area contributed by atoms with Crippen molar-refractivity contribution in [2.24, 2.45) is 17.7 Å². The summed E-state index contributed by atoms with van der Waals surface area (Å²) < 4.78 is 5.44. The summed E-state index contributed by atoms with van der Waals surface area (Å²) in [4.78, 5) is 13.9. The molecule has 1 aromatic heterocycles. The standard InChI is InChI=1S/C14H23N3O2/c1-9-4-10(2)7-17(6-9)8-12-5-13(14(18)16-15)19-11(12)3/h5,9-10H,4,6-8,15H2,1-3H3,(H,16,18). The zero-order chi connectivity index (χ0) is 14.0. The number of amides is 1. The zero-order valence-electron chi connectivity index (χ0n) is 11.9. The molecular formula is C14H23N3O2. The van der Waals surface area contributed by atoms with Crippen LogP contribution in [0, 0.1) is 18.8 Å². The van der Waals surface area contributed by atoms with E-state index in [0.29, 0.717) is 0 Å². The minimum Gasteiger partial charge on any atom is -0.456 e. The number of hydrazine groups is 1. The van der Waals surface area contributed by atoms with Crippen LogP contribution in [0.3, 0.4) is 0 Å². The molecule has 1 amide bonds. The SMILES string of the molecule is Cc1oc(C(=O)NN)cc1CN1CC(C)CC(C)C1. The number of hydrogen-bond acceptors (Lipinski definition) is 4. The lowest BCUT2D eigenvalue weighted by Gasteiger charge is -2.34. The minimum absolute atomic E-state index is 0.285. The second-order valence-corrected chi connectivity index (χ2v) is 5.81. The highest BCUT2D eigenvalue weighted by Crippen LogP contribution is 2.24. The van der Waals surface area contributed by atoms with Gasteiger partial charge in [-0.3, -0.25) is 15.1 Å². The van der Waals surface area contributed by atoms with Gasteiger partial charge in [-0.05, 0) is 31.2 Å². The highest BCUT2D eigenvalue weighted by molar-refractivity contribution is 5.91. The normalized spacial score (nSPS) is 24.4. The Morgan fingerprint density at radius 2 is 2.11 bits per heavy atom. The first-order valence-electron chi connectivity index (χ1n) is 6.82. The number of rotatable bonds is 3. The predicted octanol–water partition coefficient (Wildman–Crippen LogP) is 1.67. The number of hydrogen-bond donors (Lipinski definition) is 2. The number of carbonyl (C=O) groups excluding carboxylic acids is 1. The van der Waals surface area contributed by atoms with Crippen LogP contribution in [0.5, 0.6) is 0 Å². The summed E-state index contributed by atoms with van der Waals surface area (Å²) in [6.07, 6.45) is 1.29. The molecule has 3 N–H and O–H groups in total. The number of likely N-dealkylation sites (tertiary alicyclic amines) is 1. The van der Waals surface area contributed by atoms with Crippen LogP contribution in [0.2, 0.25) is 0 Å². The molecule has 0 radical (unpaired) electrons. The van der Waals surface area contributed by atoms with E-state index in [2.05, 4.69) is 24.2 Å². The van der Waals surface area contributed by atoms with Gasteiger partial charge in [-0.25, -0.2) is 5.84 Å². The van der Waals surface area contributed by atoms with Crippen LogP contribution in [-0.4, -0.2) is 23.9 Å². The molecule has 0 aromatic carbocycles. The third kappa shape index (κ3) is 3.36. The molecule has 19 heavy (non-hydrogen) atoms. The number of nitrogens with one attached hydrogen (secondary N) is 1. The number of nitrogen functional groups attached to an aromatic ring is 1. The van der Waals surface area contributed by atoms with Gasteiger partial charge < -0.3 is 4.42 Å². The van der Waals surface area contributed by atoms with Gasteiger partial charge in [0, 0.05) is 25.2 Å². The molecule has 0 aliphatic carbocycles. The van der Waals surface area contributed by atoms with Crippen LogP contribution in [0.25, 0.3) is 0 Å². The third-order valence-corrected chi connectivity index (χ3v) is 3.71. The van der Waals surface area contributed by atoms with Crippen LogP contribution >= 0.6 is 0 Å². The van der Waals surface area contributed by atoms with Gasteiger partial charge in [0.1, 0.15) is 5.76 Å². The summed E-state index contributed by atoms with van der Waals surface area (Å²) in [5.74, 6) is 7.26. The lowest BCUT2D eigenvalue weighted by molar-refractivity contribution is 0.0924. The van der Waals surface area contributed by atoms with E-state index in [1.165, 1.54) is 6.42 Å². The topological polar surface area (TPSA) is 71.5 Å². The molecule has 2 heterocycles. The van der Waals surface area contributed by atoms with E-state index in [1.54, 1.807) is 6.07 Å². The number of carbonyl (C=O) groups is 1. The van der Waals surface area contributed by atoms with E-state index < -0.39 is 0 Å². The molecule has 5 nitrogen and oxygen atoms in total. The van der Waals surface area contributed by atoms with E-state index in [-0.39, 0.29) is 11.7 Å². The van der Waals surface area contributed by atoms with Crippen molar-refractivity contribution < 1.29 is 9.21 Å². The van der Waals surface area contributed by atoms with Crippen LogP contribution in [0.1, 0.15) is 42.1 Å². The van der Waals surface area contributed by atoms with Gasteiger partial charge in [0.2, 0.25) is 0 Å². The highest BCUT2D eigenvalue weighted by atomic mass is 16.4. The molecule has 0 spiro atoms. The zero-order valence-corrected chi connectivity index (χ0v) is 11.9. The summed E-state index contributed by atoms with van der Waals surface area (Å²) in [6, 6.07) is 1.79. The monoisotopic (exact) mass is 265 g/mol. The van der Waals surface area contributed by atoms with Gasteiger partial charge in [0.05, 0.1) is 0 Å². The maximum absolute atomic E-state index is 11.4. The van der Waals surface area contributed by atoms with E-state index in [4.69, 9.17) is 10.3 Å². The third-order valence-electron chi connectivity index (χ3n) is 3.71. The van der Waals surface area contributed by atoms with Crippen molar-refractivity contribution in [2.75, 3.05) is 13.1 Å². The summed E-state index contributed by atoms with van der Waals surface area (Å²) >= 11 is 0. The molecule has 1 saturated heterocycles. The molecular weight excluding hydrogens is 242 g/mol. The first-order chi connectivity index (χ1) is 8.99. The molecule has 1 aliphatic rings. The van der Waals surface area contributed by atoms with E-state index >= 15 is 0 Å². The summed E-state index contributed by atoms with van der Waals surface area (Å²) in [7, 11) is 0. The highest BCUT2D eigenvalue weighted by Gasteiger charge is 2.23. The van der Waals surface area contributed by atoms with Crippen molar-refractivity contribution in [3.8, 4) is 0 Å². The molecule has 106 valence electrons. The average molecular weight is 265 g/mol. The summed E-state index contributed by atoms with van der Waals surface area (Å²) in [5, 5.41) is 0. The van der Waals surface area contributed by atoms with E-state index in [9.17, 15) is 4.79 Å². The molecule has 0 saturated carbocycles. The minimum atomic E-state index is -0.380. The van der Waals surface area contributed by atoms with Crippen LogP contribution in [0.4, 0.5) is 0 Å². The van der Waals surface area contributed by atoms with Crippen LogP contribution in [-0.2, 0) is 6.54 Å². The quantitative estimate of drug-likeness (QED) is 0.495. The molecule has 1 fully saturated rings. The molecule has 1 aromatic rings. The van der Waals surface area contributed by atoms with Crippen molar-refractivity contribution in [3.05, 3.63) is 23.2 Å². The van der Waals surface area contributed by atoms with E-state index in [1.807, 2.05) is 6.92 Å². The number of nitrogens with two attached hydrogens (primary N) is 1. The molecule has 0 bridgehead atoms. The lowest BCUT2D eigenvalue weighted by Crippen LogP contribution is -2.38. The van der Waals surface area contributed by atoms with Gasteiger partial charge in [0.25, 0.3) is 0 Å². The largest absolute Gasteiger partial charge is 0.456 e. The first kappa shape index (κ1) is 14.1. The lowest BCUT2D eigenvalue weighted by atomic mass is 9.91. The summed E-state index contributed by atoms with van der Waals surface area (Å²) in [5.41, 5.74) is 3.16. The fraction of sp³-hybridized carbons (Fsp3) is 0.643. The van der Waals surface area contributed by atoms with Crippen LogP contribution < -0.4 is 11.3 Å². The van der Waals surface area contributed by atoms with Crippen LogP contribution in [0.15, 0.2) is 10.5 Å². The molecule has 2 atom stereocenters. The van der Waals surface area contributed by atoms with Gasteiger partial charge in [0.15, 0.2) is 5.76 Å². The summed E-state index contributed by atoms with van der Waals surface area (Å²) in [6.45, 7) is 9.51. The van der Waals surface area contributed by atoms with Crippen molar-refractivity contribution in [1.29, 1.82) is 0 Å². The Labute approximate surface area is 114 Å².